The summed E-state index contributed by atoms with van der Waals surface area (Å²) in [6, 6.07) is 11.8. The Labute approximate surface area is 166 Å². The van der Waals surface area contributed by atoms with Gasteiger partial charge in [0.2, 0.25) is 0 Å². The fourth-order valence-electron chi connectivity index (χ4n) is 3.06. The molecule has 5 nitrogen and oxygen atoms in total. The summed E-state index contributed by atoms with van der Waals surface area (Å²) in [6.45, 7) is 3.19. The Morgan fingerprint density at radius 1 is 1.08 bits per heavy atom. The van der Waals surface area contributed by atoms with Gasteiger partial charge in [0.25, 0.3) is 0 Å². The van der Waals surface area contributed by atoms with Gasteiger partial charge in [-0.25, -0.2) is 0 Å². The number of halogens is 1. The third-order valence-corrected chi connectivity index (χ3v) is 5.00. The van der Waals surface area contributed by atoms with Crippen molar-refractivity contribution >= 4 is 44.9 Å². The van der Waals surface area contributed by atoms with Gasteiger partial charge in [-0.1, -0.05) is 6.92 Å². The lowest BCUT2D eigenvalue weighted by Gasteiger charge is -2.18. The largest absolute Gasteiger partial charge is 0.508 e. The minimum absolute atomic E-state index is 0.0800. The number of aliphatic hydroxyl groups excluding tert-OH is 1. The summed E-state index contributed by atoms with van der Waals surface area (Å²) in [7, 11) is 0. The Bertz CT molecular complexity index is 915. The van der Waals surface area contributed by atoms with Crippen LogP contribution in [0, 0.1) is 3.57 Å². The number of phenolic OH excluding ortho intramolecular Hbond substituents is 1. The number of aliphatic hydroxyl groups is 1. The van der Waals surface area contributed by atoms with Crippen molar-refractivity contribution in [2.75, 3.05) is 18.5 Å². The van der Waals surface area contributed by atoms with E-state index in [0.717, 1.165) is 43.4 Å². The van der Waals surface area contributed by atoms with E-state index in [1.807, 2.05) is 19.1 Å². The van der Waals surface area contributed by atoms with E-state index in [9.17, 15) is 5.11 Å². The number of fused-ring (bicyclic) bond motifs is 1. The molecular formula is C20H22IN3O2. The fraction of sp³-hybridized carbons (Fsp3) is 0.250. The van der Waals surface area contributed by atoms with Crippen LogP contribution in [0.5, 0.6) is 5.75 Å². The van der Waals surface area contributed by atoms with Gasteiger partial charge in [-0.05, 0) is 71.0 Å². The molecule has 0 aliphatic rings. The highest BCUT2D eigenvalue weighted by molar-refractivity contribution is 14.1. The van der Waals surface area contributed by atoms with Crippen LogP contribution in [-0.2, 0) is 13.0 Å². The molecule has 0 bridgehead atoms. The quantitative estimate of drug-likeness (QED) is 0.243. The minimum Gasteiger partial charge on any atom is -0.508 e. The van der Waals surface area contributed by atoms with Crippen molar-refractivity contribution < 1.29 is 10.2 Å². The first-order chi connectivity index (χ1) is 12.6. The van der Waals surface area contributed by atoms with Crippen LogP contribution < -0.4 is 10.6 Å². The molecule has 0 aliphatic heterocycles. The van der Waals surface area contributed by atoms with Crippen molar-refractivity contribution in [3.63, 3.8) is 0 Å². The zero-order valence-electron chi connectivity index (χ0n) is 14.6. The Hall–Kier alpha value is -1.90. The molecule has 0 saturated carbocycles. The van der Waals surface area contributed by atoms with Gasteiger partial charge in [-0.2, -0.15) is 0 Å². The lowest BCUT2D eigenvalue weighted by Crippen LogP contribution is -2.19. The third-order valence-electron chi connectivity index (χ3n) is 4.32. The number of phenols is 1. The molecule has 1 heterocycles. The van der Waals surface area contributed by atoms with E-state index in [0.29, 0.717) is 18.8 Å². The van der Waals surface area contributed by atoms with Gasteiger partial charge < -0.3 is 20.8 Å². The van der Waals surface area contributed by atoms with Crippen molar-refractivity contribution in [3.05, 3.63) is 57.3 Å². The lowest BCUT2D eigenvalue weighted by molar-refractivity contribution is 0.292. The predicted octanol–water partition coefficient (Wildman–Crippen LogP) is 3.93. The minimum atomic E-state index is 0.0800. The van der Waals surface area contributed by atoms with Crippen molar-refractivity contribution in [1.29, 1.82) is 0 Å². The molecule has 3 rings (SSSR count). The Kier molecular flexibility index (Phi) is 6.29. The molecule has 3 aromatic rings. The molecule has 2 aromatic carbocycles. The van der Waals surface area contributed by atoms with E-state index >= 15 is 0 Å². The molecular weight excluding hydrogens is 441 g/mol. The number of hydrogen-bond donors (Lipinski definition) is 4. The van der Waals surface area contributed by atoms with Gasteiger partial charge in [0.05, 0.1) is 12.1 Å². The van der Waals surface area contributed by atoms with E-state index in [1.54, 1.807) is 12.3 Å². The van der Waals surface area contributed by atoms with E-state index in [4.69, 9.17) is 5.11 Å². The number of pyridine rings is 1. The van der Waals surface area contributed by atoms with E-state index in [-0.39, 0.29) is 6.61 Å². The van der Waals surface area contributed by atoms with Crippen LogP contribution in [0.3, 0.4) is 0 Å². The first kappa shape index (κ1) is 18.9. The predicted molar refractivity (Wildman–Crippen MR) is 114 cm³/mol. The maximum Gasteiger partial charge on any atom is 0.119 e. The molecule has 1 aromatic heterocycles. The topological polar surface area (TPSA) is 77.4 Å². The second-order valence-corrected chi connectivity index (χ2v) is 7.23. The number of nitrogens with one attached hydrogen (secondary N) is 2. The number of benzene rings is 2. The summed E-state index contributed by atoms with van der Waals surface area (Å²) >= 11 is 2.28. The molecule has 0 atom stereocenters. The van der Waals surface area contributed by atoms with Crippen molar-refractivity contribution in [2.45, 2.75) is 19.9 Å². The highest BCUT2D eigenvalue weighted by Crippen LogP contribution is 2.33. The van der Waals surface area contributed by atoms with Gasteiger partial charge in [-0.15, -0.1) is 0 Å². The second-order valence-electron chi connectivity index (χ2n) is 5.99. The van der Waals surface area contributed by atoms with Crippen LogP contribution in [0.15, 0.2) is 42.6 Å². The number of rotatable bonds is 7. The molecule has 0 fully saturated rings. The van der Waals surface area contributed by atoms with Gasteiger partial charge >= 0.3 is 0 Å². The molecule has 0 spiro atoms. The summed E-state index contributed by atoms with van der Waals surface area (Å²) in [5.41, 5.74) is 4.78. The molecule has 0 unspecified atom stereocenters. The van der Waals surface area contributed by atoms with Gasteiger partial charge in [0, 0.05) is 45.2 Å². The van der Waals surface area contributed by atoms with E-state index in [2.05, 4.69) is 56.4 Å². The summed E-state index contributed by atoms with van der Waals surface area (Å²) in [5.74, 6) is 0.299. The number of aromatic nitrogens is 1. The third kappa shape index (κ3) is 4.08. The molecule has 0 radical (unpaired) electrons. The van der Waals surface area contributed by atoms with Crippen LogP contribution in [0.2, 0.25) is 0 Å². The van der Waals surface area contributed by atoms with Crippen LogP contribution in [0.25, 0.3) is 10.9 Å². The van der Waals surface area contributed by atoms with Gasteiger partial charge in [0.1, 0.15) is 5.75 Å². The zero-order valence-corrected chi connectivity index (χ0v) is 16.7. The fourth-order valence-corrected chi connectivity index (χ4v) is 3.54. The normalized spacial score (nSPS) is 11.0. The monoisotopic (exact) mass is 463 g/mol. The zero-order chi connectivity index (χ0) is 18.5. The molecule has 0 amide bonds. The molecule has 0 aliphatic carbocycles. The molecule has 6 heteroatoms. The van der Waals surface area contributed by atoms with Crippen molar-refractivity contribution in [1.82, 2.24) is 10.3 Å². The van der Waals surface area contributed by atoms with E-state index in [1.165, 1.54) is 0 Å². The molecule has 0 saturated heterocycles. The number of anilines is 2. The summed E-state index contributed by atoms with van der Waals surface area (Å²) in [4.78, 5) is 4.45. The van der Waals surface area contributed by atoms with Gasteiger partial charge in [-0.3, -0.25) is 4.98 Å². The smallest absolute Gasteiger partial charge is 0.119 e. The van der Waals surface area contributed by atoms with Crippen molar-refractivity contribution in [2.24, 2.45) is 0 Å². The second kappa shape index (κ2) is 8.66. The Morgan fingerprint density at radius 3 is 2.69 bits per heavy atom. The maximum absolute atomic E-state index is 10.2. The standard InChI is InChI=1S/C20H22IN3O2/c1-2-14-16(12-22-9-10-25)17(5-6-20(14)26)24-18-7-8-23-19-11-13(21)3-4-15(18)19/h3-8,11,22,25-26H,2,9-10,12H2,1H3,(H,23,24). The molecule has 136 valence electrons. The number of hydrogen-bond acceptors (Lipinski definition) is 5. The van der Waals surface area contributed by atoms with Gasteiger partial charge in [0.15, 0.2) is 0 Å². The van der Waals surface area contributed by atoms with Crippen molar-refractivity contribution in [3.8, 4) is 5.75 Å². The average Bonchev–Trinajstić information content (AvgIpc) is 2.64. The lowest BCUT2D eigenvalue weighted by atomic mass is 10.0. The maximum atomic E-state index is 10.2. The van der Waals surface area contributed by atoms with Crippen LogP contribution in [0.1, 0.15) is 18.1 Å². The first-order valence-corrected chi connectivity index (χ1v) is 9.68. The Balaban J connectivity index is 2.02. The summed E-state index contributed by atoms with van der Waals surface area (Å²) in [6.07, 6.45) is 2.53. The first-order valence-electron chi connectivity index (χ1n) is 8.60. The molecule has 4 N–H and O–H groups in total. The van der Waals surface area contributed by atoms with E-state index < -0.39 is 0 Å². The highest BCUT2D eigenvalue weighted by Gasteiger charge is 2.13. The summed E-state index contributed by atoms with van der Waals surface area (Å²) < 4.78 is 1.14. The molecule has 26 heavy (non-hydrogen) atoms. The van der Waals surface area contributed by atoms with Crippen LogP contribution >= 0.6 is 22.6 Å². The number of nitrogens with zero attached hydrogens (tertiary/aromatic N) is 1. The van der Waals surface area contributed by atoms with Crippen LogP contribution in [-0.4, -0.2) is 28.3 Å². The van der Waals surface area contributed by atoms with Crippen LogP contribution in [0.4, 0.5) is 11.4 Å². The Morgan fingerprint density at radius 2 is 1.92 bits per heavy atom. The SMILES string of the molecule is CCc1c(O)ccc(Nc2ccnc3cc(I)ccc23)c1CNCCO. The summed E-state index contributed by atoms with van der Waals surface area (Å²) in [5, 5.41) is 27.0. The average molecular weight is 463 g/mol. The number of aromatic hydroxyl groups is 1. The highest BCUT2D eigenvalue weighted by atomic mass is 127.